The van der Waals surface area contributed by atoms with Gasteiger partial charge in [-0.05, 0) is 0 Å². The molecular weight excluding hydrogens is 267 g/mol. The van der Waals surface area contributed by atoms with Crippen LogP contribution in [-0.2, 0) is 3.08 Å². The second-order valence-corrected chi connectivity index (χ2v) is 11.7. The summed E-state index contributed by atoms with van der Waals surface area (Å²) in [5.74, 6) is 0. The summed E-state index contributed by atoms with van der Waals surface area (Å²) in [6.45, 7) is 0. The molecule has 0 radical (unpaired) electrons. The summed E-state index contributed by atoms with van der Waals surface area (Å²) in [5, 5.41) is 0. The van der Waals surface area contributed by atoms with Crippen molar-refractivity contribution in [2.24, 2.45) is 0 Å². The van der Waals surface area contributed by atoms with Gasteiger partial charge in [0, 0.05) is 0 Å². The van der Waals surface area contributed by atoms with Crippen LogP contribution in [0.15, 0.2) is 0 Å². The molecule has 2 aliphatic rings. The molecule has 2 rings (SSSR count). The molecule has 2 saturated carbocycles. The Bertz CT molecular complexity index is 179. The summed E-state index contributed by atoms with van der Waals surface area (Å²) in [5.41, 5.74) is 0. The Kier molecular flexibility index (Phi) is 3.82. The van der Waals surface area contributed by atoms with Gasteiger partial charge in [-0.25, -0.2) is 0 Å². The van der Waals surface area contributed by atoms with E-state index in [0.29, 0.717) is 0 Å². The van der Waals surface area contributed by atoms with Crippen LogP contribution in [0.5, 0.6) is 0 Å². The summed E-state index contributed by atoms with van der Waals surface area (Å²) in [6.07, 6.45) is 12.1. The standard InChI is InChI=1S/C6H11.C5H9.O.Sn/c1-2-4-6-5-3-1;1-2-4-5-3-1;;/h1H,2-6H2;1H,2-5H2;;. The predicted octanol–water partition coefficient (Wildman–Crippen LogP) is 3.69. The fraction of sp³-hybridized carbons (Fsp3) is 1.00. The molecule has 0 aliphatic heterocycles. The van der Waals surface area contributed by atoms with Gasteiger partial charge in [0.1, 0.15) is 0 Å². The van der Waals surface area contributed by atoms with E-state index in [9.17, 15) is 3.08 Å². The molecule has 2 heteroatoms. The Morgan fingerprint density at radius 1 is 0.692 bits per heavy atom. The van der Waals surface area contributed by atoms with E-state index in [1.54, 1.807) is 0 Å². The first-order valence-electron chi connectivity index (χ1n) is 5.91. The van der Waals surface area contributed by atoms with E-state index in [1.807, 2.05) is 0 Å². The predicted molar refractivity (Wildman–Crippen MR) is 55.5 cm³/mol. The van der Waals surface area contributed by atoms with Crippen molar-refractivity contribution in [3.05, 3.63) is 0 Å². The summed E-state index contributed by atoms with van der Waals surface area (Å²) in [7, 11) is 0. The third kappa shape index (κ3) is 2.54. The van der Waals surface area contributed by atoms with Crippen molar-refractivity contribution >= 4 is 19.7 Å². The molecule has 0 aromatic carbocycles. The Morgan fingerprint density at radius 3 is 1.54 bits per heavy atom. The van der Waals surface area contributed by atoms with Crippen LogP contribution in [-0.4, -0.2) is 19.7 Å². The molecule has 2 aliphatic carbocycles. The second-order valence-electron chi connectivity index (χ2n) is 4.72. The van der Waals surface area contributed by atoms with Crippen LogP contribution in [0.25, 0.3) is 0 Å². The van der Waals surface area contributed by atoms with Gasteiger partial charge in [-0.1, -0.05) is 0 Å². The Hall–Kier alpha value is 0.599. The second kappa shape index (κ2) is 4.90. The zero-order valence-electron chi connectivity index (χ0n) is 8.43. The quantitative estimate of drug-likeness (QED) is 0.708. The fourth-order valence-electron chi connectivity index (χ4n) is 2.93. The van der Waals surface area contributed by atoms with Crippen LogP contribution in [0.2, 0.25) is 7.87 Å². The van der Waals surface area contributed by atoms with Crippen LogP contribution in [0.1, 0.15) is 57.8 Å². The molecule has 0 amide bonds. The molecule has 0 atom stereocenters. The van der Waals surface area contributed by atoms with Gasteiger partial charge in [0.2, 0.25) is 0 Å². The Balaban J connectivity index is 1.87. The molecule has 74 valence electrons. The van der Waals surface area contributed by atoms with Crippen LogP contribution in [0, 0.1) is 0 Å². The Morgan fingerprint density at radius 2 is 1.08 bits per heavy atom. The molecule has 0 N–H and O–H groups in total. The molecule has 0 saturated heterocycles. The maximum atomic E-state index is 12.3. The van der Waals surface area contributed by atoms with Crippen LogP contribution in [0.3, 0.4) is 0 Å². The zero-order valence-corrected chi connectivity index (χ0v) is 11.3. The van der Waals surface area contributed by atoms with Crippen molar-refractivity contribution in [1.82, 2.24) is 0 Å². The maximum absolute atomic E-state index is 12.3. The molecule has 0 aromatic rings. The van der Waals surface area contributed by atoms with Crippen molar-refractivity contribution in [3.63, 3.8) is 0 Å². The Labute approximate surface area is 88.4 Å². The molecule has 0 bridgehead atoms. The number of rotatable bonds is 2. The van der Waals surface area contributed by atoms with E-state index in [2.05, 4.69) is 0 Å². The van der Waals surface area contributed by atoms with Gasteiger partial charge in [0.15, 0.2) is 0 Å². The molecule has 0 aromatic heterocycles. The monoisotopic (exact) mass is 288 g/mol. The zero-order chi connectivity index (χ0) is 9.10. The molecular formula is C11H20OSn. The van der Waals surface area contributed by atoms with Crippen molar-refractivity contribution in [3.8, 4) is 0 Å². The number of hydrogen-bond donors (Lipinski definition) is 0. The van der Waals surface area contributed by atoms with Gasteiger partial charge in [0.05, 0.1) is 0 Å². The minimum absolute atomic E-state index is 0.735. The van der Waals surface area contributed by atoms with E-state index in [4.69, 9.17) is 0 Å². The van der Waals surface area contributed by atoms with Crippen molar-refractivity contribution in [2.75, 3.05) is 0 Å². The number of hydrogen-bond acceptors (Lipinski definition) is 1. The van der Waals surface area contributed by atoms with E-state index >= 15 is 0 Å². The molecule has 0 spiro atoms. The summed E-state index contributed by atoms with van der Waals surface area (Å²) < 4.78 is 13.8. The third-order valence-electron chi connectivity index (χ3n) is 3.77. The van der Waals surface area contributed by atoms with Crippen LogP contribution in [0.4, 0.5) is 0 Å². The fourth-order valence-corrected chi connectivity index (χ4v) is 10.4. The van der Waals surface area contributed by atoms with Gasteiger partial charge >= 0.3 is 88.5 Å². The van der Waals surface area contributed by atoms with Gasteiger partial charge in [-0.2, -0.15) is 0 Å². The first-order chi connectivity index (χ1) is 6.38. The average molecular weight is 287 g/mol. The molecule has 0 unspecified atom stereocenters. The van der Waals surface area contributed by atoms with Gasteiger partial charge < -0.3 is 0 Å². The minimum atomic E-state index is -2.16. The third-order valence-corrected chi connectivity index (χ3v) is 11.7. The summed E-state index contributed by atoms with van der Waals surface area (Å²) >= 11 is -2.16. The average Bonchev–Trinajstić information content (AvgIpc) is 2.71. The molecule has 0 heterocycles. The van der Waals surface area contributed by atoms with Gasteiger partial charge in [0.25, 0.3) is 0 Å². The van der Waals surface area contributed by atoms with Gasteiger partial charge in [-0.3, -0.25) is 0 Å². The summed E-state index contributed by atoms with van der Waals surface area (Å²) in [4.78, 5) is 0. The first-order valence-corrected chi connectivity index (χ1v) is 10.4. The van der Waals surface area contributed by atoms with Crippen LogP contribution >= 0.6 is 0 Å². The SMILES string of the molecule is [O]=[Sn]([CH]1CCCCC1)[CH]1CCCC1. The molecule has 1 nitrogen and oxygen atoms in total. The van der Waals surface area contributed by atoms with E-state index < -0.39 is 19.7 Å². The first kappa shape index (κ1) is 10.1. The molecule has 13 heavy (non-hydrogen) atoms. The topological polar surface area (TPSA) is 17.1 Å². The van der Waals surface area contributed by atoms with Crippen LogP contribution < -0.4 is 0 Å². The van der Waals surface area contributed by atoms with Crippen molar-refractivity contribution in [2.45, 2.75) is 65.7 Å². The summed E-state index contributed by atoms with van der Waals surface area (Å²) in [6, 6.07) is 0. The van der Waals surface area contributed by atoms with Crippen molar-refractivity contribution in [1.29, 1.82) is 0 Å². The van der Waals surface area contributed by atoms with E-state index in [-0.39, 0.29) is 0 Å². The van der Waals surface area contributed by atoms with Gasteiger partial charge in [-0.15, -0.1) is 0 Å². The van der Waals surface area contributed by atoms with E-state index in [0.717, 1.165) is 7.87 Å². The normalized spacial score (nSPS) is 26.5. The van der Waals surface area contributed by atoms with E-state index in [1.165, 1.54) is 57.8 Å². The molecule has 2 fully saturated rings. The van der Waals surface area contributed by atoms with Crippen molar-refractivity contribution < 1.29 is 3.08 Å².